The number of nitrogens with one attached hydrogen (secondary N) is 2. The molecule has 6 heteroatoms. The summed E-state index contributed by atoms with van der Waals surface area (Å²) in [4.78, 5) is 25.3. The first-order chi connectivity index (χ1) is 11.1. The van der Waals surface area contributed by atoms with E-state index in [2.05, 4.69) is 35.4 Å². The molecular formula is C17H27N3O3. The quantitative estimate of drug-likeness (QED) is 0.733. The van der Waals surface area contributed by atoms with E-state index in [1.165, 1.54) is 0 Å². The number of benzene rings is 1. The fraction of sp³-hybridized carbons (Fsp3) is 0.529. The molecule has 0 spiro atoms. The van der Waals surface area contributed by atoms with Gasteiger partial charge in [-0.3, -0.25) is 9.69 Å². The van der Waals surface area contributed by atoms with Crippen molar-refractivity contribution in [3.8, 4) is 0 Å². The fourth-order valence-electron chi connectivity index (χ4n) is 2.14. The molecule has 1 aromatic rings. The Morgan fingerprint density at radius 1 is 1.17 bits per heavy atom. The lowest BCUT2D eigenvalue weighted by atomic mass is 10.2. The Morgan fingerprint density at radius 2 is 1.91 bits per heavy atom. The molecule has 0 fully saturated rings. The van der Waals surface area contributed by atoms with Crippen molar-refractivity contribution in [2.45, 2.75) is 33.7 Å². The highest BCUT2D eigenvalue weighted by atomic mass is 16.5. The van der Waals surface area contributed by atoms with Gasteiger partial charge in [-0.1, -0.05) is 26.0 Å². The number of anilines is 1. The van der Waals surface area contributed by atoms with Crippen LogP contribution in [0.2, 0.25) is 0 Å². The maximum absolute atomic E-state index is 11.9. The van der Waals surface area contributed by atoms with Crippen LogP contribution in [0.3, 0.4) is 0 Å². The molecule has 0 aliphatic carbocycles. The van der Waals surface area contributed by atoms with Crippen molar-refractivity contribution in [2.75, 3.05) is 31.6 Å². The van der Waals surface area contributed by atoms with Gasteiger partial charge < -0.3 is 15.4 Å². The van der Waals surface area contributed by atoms with Crippen molar-refractivity contribution < 1.29 is 14.3 Å². The Hall–Kier alpha value is -2.08. The summed E-state index contributed by atoms with van der Waals surface area (Å²) in [5.41, 5.74) is 1.94. The first-order valence-corrected chi connectivity index (χ1v) is 8.10. The molecule has 0 saturated heterocycles. The number of ether oxygens (including phenoxy) is 1. The van der Waals surface area contributed by atoms with Gasteiger partial charge in [-0.15, -0.1) is 0 Å². The number of carbonyl (C=O) groups excluding carboxylic acids is 2. The van der Waals surface area contributed by atoms with Crippen LogP contribution in [0.4, 0.5) is 10.5 Å². The topological polar surface area (TPSA) is 70.7 Å². The third kappa shape index (κ3) is 7.65. The van der Waals surface area contributed by atoms with E-state index in [0.717, 1.165) is 30.9 Å². The predicted octanol–water partition coefficient (Wildman–Crippen LogP) is 2.60. The SMILES string of the molecule is CCOC(=O)NCCC(=O)Nc1cccc(CN(CC)CC)c1. The molecule has 0 bridgehead atoms. The van der Waals surface area contributed by atoms with E-state index in [9.17, 15) is 9.59 Å². The summed E-state index contributed by atoms with van der Waals surface area (Å²) in [5.74, 6) is -0.137. The van der Waals surface area contributed by atoms with Crippen molar-refractivity contribution in [3.05, 3.63) is 29.8 Å². The molecular weight excluding hydrogens is 294 g/mol. The minimum atomic E-state index is -0.499. The third-order valence-electron chi connectivity index (χ3n) is 3.41. The second-order valence-electron chi connectivity index (χ2n) is 5.11. The summed E-state index contributed by atoms with van der Waals surface area (Å²) in [6.07, 6.45) is -0.291. The highest BCUT2D eigenvalue weighted by molar-refractivity contribution is 5.91. The summed E-state index contributed by atoms with van der Waals surface area (Å²) < 4.78 is 4.73. The van der Waals surface area contributed by atoms with Gasteiger partial charge >= 0.3 is 6.09 Å². The molecule has 6 nitrogen and oxygen atoms in total. The molecule has 0 saturated carbocycles. The fourth-order valence-corrected chi connectivity index (χ4v) is 2.14. The van der Waals surface area contributed by atoms with Crippen molar-refractivity contribution in [2.24, 2.45) is 0 Å². The van der Waals surface area contributed by atoms with Gasteiger partial charge in [0.15, 0.2) is 0 Å². The minimum Gasteiger partial charge on any atom is -0.450 e. The number of nitrogens with zero attached hydrogens (tertiary/aromatic N) is 1. The van der Waals surface area contributed by atoms with Crippen LogP contribution >= 0.6 is 0 Å². The predicted molar refractivity (Wildman–Crippen MR) is 91.3 cm³/mol. The van der Waals surface area contributed by atoms with Gasteiger partial charge in [0.1, 0.15) is 0 Å². The molecule has 0 atom stereocenters. The Morgan fingerprint density at radius 3 is 2.57 bits per heavy atom. The van der Waals surface area contributed by atoms with Crippen molar-refractivity contribution in [3.63, 3.8) is 0 Å². The Bertz CT molecular complexity index is 502. The van der Waals surface area contributed by atoms with Gasteiger partial charge in [0, 0.05) is 25.2 Å². The second-order valence-corrected chi connectivity index (χ2v) is 5.11. The highest BCUT2D eigenvalue weighted by Crippen LogP contribution is 2.13. The normalized spacial score (nSPS) is 10.4. The first-order valence-electron chi connectivity index (χ1n) is 8.10. The highest BCUT2D eigenvalue weighted by Gasteiger charge is 2.06. The monoisotopic (exact) mass is 321 g/mol. The summed E-state index contributed by atoms with van der Waals surface area (Å²) >= 11 is 0. The Labute approximate surface area is 138 Å². The molecule has 0 aliphatic heterocycles. The lowest BCUT2D eigenvalue weighted by Crippen LogP contribution is -2.28. The minimum absolute atomic E-state index is 0.137. The van der Waals surface area contributed by atoms with Crippen LogP contribution in [0.1, 0.15) is 32.8 Å². The van der Waals surface area contributed by atoms with Gasteiger partial charge in [0.2, 0.25) is 5.91 Å². The zero-order valence-corrected chi connectivity index (χ0v) is 14.2. The molecule has 2 amide bonds. The molecule has 128 valence electrons. The largest absolute Gasteiger partial charge is 0.450 e. The van der Waals surface area contributed by atoms with Gasteiger partial charge in [-0.05, 0) is 37.7 Å². The number of hydrogen-bond donors (Lipinski definition) is 2. The maximum Gasteiger partial charge on any atom is 0.407 e. The number of carbonyl (C=O) groups is 2. The average molecular weight is 321 g/mol. The number of amides is 2. The van der Waals surface area contributed by atoms with Gasteiger partial charge in [-0.2, -0.15) is 0 Å². The van der Waals surface area contributed by atoms with E-state index in [-0.39, 0.29) is 18.9 Å². The van der Waals surface area contributed by atoms with E-state index in [4.69, 9.17) is 4.74 Å². The van der Waals surface area contributed by atoms with Crippen molar-refractivity contribution in [1.82, 2.24) is 10.2 Å². The van der Waals surface area contributed by atoms with Crippen LogP contribution in [-0.2, 0) is 16.1 Å². The molecule has 0 aromatic heterocycles. The lowest BCUT2D eigenvalue weighted by molar-refractivity contribution is -0.116. The van der Waals surface area contributed by atoms with E-state index in [1.54, 1.807) is 6.92 Å². The van der Waals surface area contributed by atoms with Gasteiger partial charge in [0.05, 0.1) is 6.61 Å². The molecule has 23 heavy (non-hydrogen) atoms. The molecule has 2 N–H and O–H groups in total. The molecule has 1 aromatic carbocycles. The van der Waals surface area contributed by atoms with Gasteiger partial charge in [-0.25, -0.2) is 4.79 Å². The summed E-state index contributed by atoms with van der Waals surface area (Å²) in [5, 5.41) is 5.37. The van der Waals surface area contributed by atoms with Crippen molar-refractivity contribution >= 4 is 17.7 Å². The summed E-state index contributed by atoms with van der Waals surface area (Å²) in [7, 11) is 0. The van der Waals surface area contributed by atoms with Crippen LogP contribution in [0.25, 0.3) is 0 Å². The Kier molecular flexibility index (Phi) is 8.75. The van der Waals surface area contributed by atoms with E-state index >= 15 is 0 Å². The number of rotatable bonds is 9. The van der Waals surface area contributed by atoms with Crippen LogP contribution < -0.4 is 10.6 Å². The zero-order chi connectivity index (χ0) is 17.1. The lowest BCUT2D eigenvalue weighted by Gasteiger charge is -2.18. The van der Waals surface area contributed by atoms with E-state index in [0.29, 0.717) is 6.61 Å². The first kappa shape index (κ1) is 19.0. The summed E-state index contributed by atoms with van der Waals surface area (Å²) in [6.45, 7) is 9.41. The third-order valence-corrected chi connectivity index (χ3v) is 3.41. The smallest absolute Gasteiger partial charge is 0.407 e. The number of hydrogen-bond acceptors (Lipinski definition) is 4. The molecule has 0 unspecified atom stereocenters. The van der Waals surface area contributed by atoms with E-state index < -0.39 is 6.09 Å². The standard InChI is InChI=1S/C17H27N3O3/c1-4-20(5-2)13-14-8-7-9-15(12-14)19-16(21)10-11-18-17(22)23-6-3/h7-9,12H,4-6,10-11,13H2,1-3H3,(H,18,22)(H,19,21). The summed E-state index contributed by atoms with van der Waals surface area (Å²) in [6, 6.07) is 7.83. The second kappa shape index (κ2) is 10.6. The average Bonchev–Trinajstić information content (AvgIpc) is 2.53. The zero-order valence-electron chi connectivity index (χ0n) is 14.2. The molecule has 0 heterocycles. The Balaban J connectivity index is 2.44. The van der Waals surface area contributed by atoms with Crippen LogP contribution in [-0.4, -0.2) is 43.1 Å². The van der Waals surface area contributed by atoms with Crippen molar-refractivity contribution in [1.29, 1.82) is 0 Å². The molecule has 0 radical (unpaired) electrons. The maximum atomic E-state index is 11.9. The van der Waals surface area contributed by atoms with Crippen LogP contribution in [0.5, 0.6) is 0 Å². The molecule has 1 rings (SSSR count). The number of alkyl carbamates (subject to hydrolysis) is 1. The van der Waals surface area contributed by atoms with Crippen LogP contribution in [0.15, 0.2) is 24.3 Å². The molecule has 0 aliphatic rings. The van der Waals surface area contributed by atoms with Crippen LogP contribution in [0, 0.1) is 0 Å². The van der Waals surface area contributed by atoms with Gasteiger partial charge in [0.25, 0.3) is 0 Å². The van der Waals surface area contributed by atoms with E-state index in [1.807, 2.05) is 18.2 Å².